The van der Waals surface area contributed by atoms with Crippen LogP contribution < -0.4 is 11.1 Å². The zero-order chi connectivity index (χ0) is 13.8. The van der Waals surface area contributed by atoms with Crippen molar-refractivity contribution in [2.45, 2.75) is 37.5 Å². The number of carboxylic acids is 1. The minimum absolute atomic E-state index is 0.0738. The fourth-order valence-electron chi connectivity index (χ4n) is 3.03. The molecule has 0 aromatic heterocycles. The lowest BCUT2D eigenvalue weighted by Crippen LogP contribution is -2.60. The monoisotopic (exact) mass is 258 g/mol. The van der Waals surface area contributed by atoms with E-state index in [0.717, 1.165) is 12.8 Å². The highest BCUT2D eigenvalue weighted by atomic mass is 16.4. The third kappa shape index (κ3) is 3.23. The van der Waals surface area contributed by atoms with Crippen LogP contribution in [0.4, 0.5) is 0 Å². The maximum atomic E-state index is 11.5. The lowest BCUT2D eigenvalue weighted by atomic mass is 9.66. The Morgan fingerprint density at radius 1 is 1.50 bits per heavy atom. The fourth-order valence-corrected chi connectivity index (χ4v) is 3.03. The normalized spacial score (nSPS) is 32.2. The third-order valence-corrected chi connectivity index (χ3v) is 4.18. The molecule has 0 unspecified atom stereocenters. The van der Waals surface area contributed by atoms with E-state index in [1.807, 2.05) is 0 Å². The van der Waals surface area contributed by atoms with E-state index in [1.165, 1.54) is 0 Å². The topological polar surface area (TPSA) is 116 Å². The second-order valence-corrected chi connectivity index (χ2v) is 5.16. The smallest absolute Gasteiger partial charge is 0.451 e. The van der Waals surface area contributed by atoms with Gasteiger partial charge in [-0.05, 0) is 45.1 Å². The van der Waals surface area contributed by atoms with Crippen molar-refractivity contribution in [3.05, 3.63) is 0 Å². The first-order valence-electron chi connectivity index (χ1n) is 6.44. The van der Waals surface area contributed by atoms with Gasteiger partial charge in [-0.2, -0.15) is 0 Å². The maximum Gasteiger partial charge on any atom is 0.451 e. The Morgan fingerprint density at radius 3 is 2.61 bits per heavy atom. The number of nitrogens with two attached hydrogens (primary N) is 1. The highest BCUT2D eigenvalue weighted by molar-refractivity contribution is 6.40. The molecule has 0 bridgehead atoms. The first-order chi connectivity index (χ1) is 8.46. The van der Waals surface area contributed by atoms with Gasteiger partial charge < -0.3 is 26.2 Å². The van der Waals surface area contributed by atoms with E-state index in [-0.39, 0.29) is 18.2 Å². The zero-order valence-electron chi connectivity index (χ0n) is 10.8. The number of hydrogen-bond donors (Lipinski definition) is 5. The molecule has 0 aromatic rings. The van der Waals surface area contributed by atoms with Crippen LogP contribution in [0.5, 0.6) is 0 Å². The van der Waals surface area contributed by atoms with E-state index in [0.29, 0.717) is 19.4 Å². The Hall–Kier alpha value is -0.625. The summed E-state index contributed by atoms with van der Waals surface area (Å²) in [5, 5.41) is 30.2. The predicted octanol–water partition coefficient (Wildman–Crippen LogP) is -0.733. The number of rotatable bonds is 6. The Kier molecular flexibility index (Phi) is 5.59. The molecule has 6 N–H and O–H groups in total. The van der Waals surface area contributed by atoms with Gasteiger partial charge in [-0.15, -0.1) is 0 Å². The number of hydrogen-bond acceptors (Lipinski definition) is 5. The Bertz CT molecular complexity index is 290. The highest BCUT2D eigenvalue weighted by Crippen LogP contribution is 2.39. The van der Waals surface area contributed by atoms with Gasteiger partial charge in [0.1, 0.15) is 5.54 Å². The van der Waals surface area contributed by atoms with Crippen molar-refractivity contribution < 1.29 is 19.9 Å². The van der Waals surface area contributed by atoms with Gasteiger partial charge in [0.2, 0.25) is 0 Å². The summed E-state index contributed by atoms with van der Waals surface area (Å²) in [5.41, 5.74) is 4.70. The van der Waals surface area contributed by atoms with Gasteiger partial charge in [-0.3, -0.25) is 4.79 Å². The van der Waals surface area contributed by atoms with E-state index in [9.17, 15) is 9.90 Å². The number of nitrogens with one attached hydrogen (secondary N) is 1. The summed E-state index contributed by atoms with van der Waals surface area (Å²) < 4.78 is 0. The Labute approximate surface area is 108 Å². The fraction of sp³-hybridized carbons (Fsp3) is 0.909. The summed E-state index contributed by atoms with van der Waals surface area (Å²) >= 11 is 0. The molecule has 1 rings (SSSR count). The predicted molar refractivity (Wildman–Crippen MR) is 68.9 cm³/mol. The van der Waals surface area contributed by atoms with Gasteiger partial charge in [0.15, 0.2) is 0 Å². The summed E-state index contributed by atoms with van der Waals surface area (Å²) in [4.78, 5) is 11.5. The third-order valence-electron chi connectivity index (χ3n) is 4.18. The minimum atomic E-state index is -1.31. The molecule has 18 heavy (non-hydrogen) atoms. The van der Waals surface area contributed by atoms with Gasteiger partial charge in [0, 0.05) is 5.92 Å². The lowest BCUT2D eigenvalue weighted by molar-refractivity contribution is -0.150. The lowest BCUT2D eigenvalue weighted by Gasteiger charge is -2.43. The molecular weight excluding hydrogens is 235 g/mol. The Balaban J connectivity index is 2.74. The molecule has 0 heterocycles. The first kappa shape index (κ1) is 15.4. The molecule has 0 spiro atoms. The zero-order valence-corrected chi connectivity index (χ0v) is 10.8. The van der Waals surface area contributed by atoms with Gasteiger partial charge in [0.25, 0.3) is 0 Å². The average molecular weight is 258 g/mol. The van der Waals surface area contributed by atoms with Crippen molar-refractivity contribution in [3.8, 4) is 0 Å². The first-order valence-corrected chi connectivity index (χ1v) is 6.44. The summed E-state index contributed by atoms with van der Waals surface area (Å²) in [6.07, 6.45) is 3.07. The number of carboxylic acid groups (broad SMARTS) is 1. The molecule has 1 aliphatic carbocycles. The van der Waals surface area contributed by atoms with Crippen LogP contribution in [-0.2, 0) is 4.79 Å². The summed E-state index contributed by atoms with van der Waals surface area (Å²) in [6.45, 7) is 0.350. The second kappa shape index (κ2) is 6.52. The molecular formula is C11H23BN2O4. The van der Waals surface area contributed by atoms with Gasteiger partial charge in [0.05, 0.1) is 0 Å². The van der Waals surface area contributed by atoms with Crippen LogP contribution in [0.25, 0.3) is 0 Å². The van der Waals surface area contributed by atoms with Crippen molar-refractivity contribution in [2.75, 3.05) is 13.6 Å². The van der Waals surface area contributed by atoms with E-state index < -0.39 is 18.6 Å². The van der Waals surface area contributed by atoms with E-state index in [1.54, 1.807) is 7.05 Å². The van der Waals surface area contributed by atoms with E-state index in [2.05, 4.69) is 5.32 Å². The Morgan fingerprint density at radius 2 is 2.17 bits per heavy atom. The van der Waals surface area contributed by atoms with Gasteiger partial charge in [-0.1, -0.05) is 6.42 Å². The van der Waals surface area contributed by atoms with Crippen molar-refractivity contribution >= 4 is 13.1 Å². The number of aliphatic carboxylic acids is 1. The second-order valence-electron chi connectivity index (χ2n) is 5.16. The number of likely N-dealkylation sites (N-methyl/N-ethyl adjacent to an activating group) is 1. The maximum absolute atomic E-state index is 11.5. The standard InChI is InChI=1S/C11H23BN2O4/c1-14-11(10(15)16)6-8(4-5-12(17)18)2-3-9(11)7-13/h8-9,14,17-18H,2-7,13H2,1H3,(H,15,16)/t8-,9-,11+/m0/s1. The van der Waals surface area contributed by atoms with Gasteiger partial charge in [-0.25, -0.2) is 0 Å². The molecule has 1 saturated carbocycles. The molecule has 6 nitrogen and oxygen atoms in total. The van der Waals surface area contributed by atoms with Crippen LogP contribution >= 0.6 is 0 Å². The SMILES string of the molecule is CN[C@]1(C(=O)O)C[C@H](CCB(O)O)CC[C@H]1CN. The van der Waals surface area contributed by atoms with Crippen LogP contribution in [0.3, 0.4) is 0 Å². The molecule has 1 fully saturated rings. The summed E-state index contributed by atoms with van der Waals surface area (Å²) in [6, 6.07) is 0. The summed E-state index contributed by atoms with van der Waals surface area (Å²) in [7, 11) is 0.339. The van der Waals surface area contributed by atoms with E-state index in [4.69, 9.17) is 15.8 Å². The molecule has 0 aromatic carbocycles. The summed E-state index contributed by atoms with van der Waals surface area (Å²) in [5.74, 6) is -0.747. The molecule has 3 atom stereocenters. The highest BCUT2D eigenvalue weighted by Gasteiger charge is 2.48. The quantitative estimate of drug-likeness (QED) is 0.401. The van der Waals surface area contributed by atoms with Crippen molar-refractivity contribution in [1.29, 1.82) is 0 Å². The molecule has 7 heteroatoms. The number of carbonyl (C=O) groups is 1. The van der Waals surface area contributed by atoms with Crippen LogP contribution in [0, 0.1) is 11.8 Å². The van der Waals surface area contributed by atoms with E-state index >= 15 is 0 Å². The van der Waals surface area contributed by atoms with Crippen LogP contribution in [0.1, 0.15) is 25.7 Å². The minimum Gasteiger partial charge on any atom is -0.480 e. The molecule has 0 aliphatic heterocycles. The molecule has 104 valence electrons. The largest absolute Gasteiger partial charge is 0.480 e. The van der Waals surface area contributed by atoms with Crippen LogP contribution in [-0.4, -0.2) is 47.4 Å². The average Bonchev–Trinajstić information content (AvgIpc) is 2.35. The molecule has 1 aliphatic rings. The van der Waals surface area contributed by atoms with Crippen molar-refractivity contribution in [2.24, 2.45) is 17.6 Å². The van der Waals surface area contributed by atoms with Crippen LogP contribution in [0.2, 0.25) is 6.32 Å². The molecule has 0 saturated heterocycles. The van der Waals surface area contributed by atoms with Crippen LogP contribution in [0.15, 0.2) is 0 Å². The van der Waals surface area contributed by atoms with Crippen molar-refractivity contribution in [3.63, 3.8) is 0 Å². The molecule has 0 radical (unpaired) electrons. The van der Waals surface area contributed by atoms with Gasteiger partial charge >= 0.3 is 13.1 Å². The van der Waals surface area contributed by atoms with Crippen molar-refractivity contribution in [1.82, 2.24) is 5.32 Å². The molecule has 0 amide bonds.